The Balaban J connectivity index is 2.39. The smallest absolute Gasteiger partial charge is 0.0837 e. The summed E-state index contributed by atoms with van der Waals surface area (Å²) in [5.74, 6) is 0. The van der Waals surface area contributed by atoms with Crippen LogP contribution in [0, 0.1) is 0 Å². The lowest BCUT2D eigenvalue weighted by molar-refractivity contribution is 0.292. The molecule has 2 heterocycles. The van der Waals surface area contributed by atoms with E-state index in [2.05, 4.69) is 17.3 Å². The first kappa shape index (κ1) is 11.9. The first-order valence-electron chi connectivity index (χ1n) is 6.12. The Bertz CT molecular complexity index is 332. The number of nitrogens with zero attached hydrogens (tertiary/aromatic N) is 2. The number of nitrogens with one attached hydrogen (secondary N) is 1. The van der Waals surface area contributed by atoms with Crippen molar-refractivity contribution in [1.29, 1.82) is 0 Å². The first-order valence-corrected chi connectivity index (χ1v) is 6.50. The maximum Gasteiger partial charge on any atom is 0.0837 e. The average Bonchev–Trinajstić information content (AvgIpc) is 2.54. The number of hydrogen-bond acceptors (Lipinski definition) is 2. The Morgan fingerprint density at radius 3 is 2.94 bits per heavy atom. The molecule has 1 fully saturated rings. The van der Waals surface area contributed by atoms with Gasteiger partial charge in [0.15, 0.2) is 0 Å². The van der Waals surface area contributed by atoms with Gasteiger partial charge in [-0.25, -0.2) is 0 Å². The maximum atomic E-state index is 6.28. The highest BCUT2D eigenvalue weighted by Gasteiger charge is 2.35. The summed E-state index contributed by atoms with van der Waals surface area (Å²) >= 11 is 6.28. The van der Waals surface area contributed by atoms with Crippen LogP contribution in [0.3, 0.4) is 0 Å². The second kappa shape index (κ2) is 4.76. The minimum atomic E-state index is 0.0266. The summed E-state index contributed by atoms with van der Waals surface area (Å²) in [7, 11) is 1.98. The third-order valence-electron chi connectivity index (χ3n) is 3.69. The molecule has 1 aliphatic rings. The van der Waals surface area contributed by atoms with Crippen LogP contribution in [0.4, 0.5) is 0 Å². The minimum absolute atomic E-state index is 0.0266. The van der Waals surface area contributed by atoms with Crippen molar-refractivity contribution >= 4 is 11.6 Å². The van der Waals surface area contributed by atoms with Crippen LogP contribution in [0.25, 0.3) is 0 Å². The molecule has 1 unspecified atom stereocenters. The van der Waals surface area contributed by atoms with Gasteiger partial charge in [-0.3, -0.25) is 4.68 Å². The van der Waals surface area contributed by atoms with E-state index in [1.807, 2.05) is 11.7 Å². The number of halogens is 1. The summed E-state index contributed by atoms with van der Waals surface area (Å²) < 4.78 is 1.92. The SMILES string of the molecule is CCC1(c2c(Cl)cnn2C)CCCCCN1. The minimum Gasteiger partial charge on any atom is -0.306 e. The third kappa shape index (κ3) is 1.98. The molecule has 4 heteroatoms. The van der Waals surface area contributed by atoms with Crippen LogP contribution in [0.1, 0.15) is 44.7 Å². The molecule has 16 heavy (non-hydrogen) atoms. The number of rotatable bonds is 2. The molecule has 3 nitrogen and oxygen atoms in total. The van der Waals surface area contributed by atoms with E-state index in [-0.39, 0.29) is 5.54 Å². The number of aryl methyl sites for hydroxylation is 1. The normalized spacial score (nSPS) is 26.7. The van der Waals surface area contributed by atoms with E-state index in [4.69, 9.17) is 11.6 Å². The van der Waals surface area contributed by atoms with Gasteiger partial charge in [0.05, 0.1) is 22.5 Å². The highest BCUT2D eigenvalue weighted by Crippen LogP contribution is 2.36. The van der Waals surface area contributed by atoms with Crippen molar-refractivity contribution in [3.8, 4) is 0 Å². The van der Waals surface area contributed by atoms with E-state index in [1.165, 1.54) is 19.3 Å². The van der Waals surface area contributed by atoms with Gasteiger partial charge in [-0.1, -0.05) is 31.4 Å². The van der Waals surface area contributed by atoms with Crippen molar-refractivity contribution in [2.75, 3.05) is 6.54 Å². The summed E-state index contributed by atoms with van der Waals surface area (Å²) in [5.41, 5.74) is 1.18. The molecule has 1 saturated heterocycles. The highest BCUT2D eigenvalue weighted by molar-refractivity contribution is 6.31. The molecule has 1 aromatic heterocycles. The Morgan fingerprint density at radius 2 is 2.31 bits per heavy atom. The van der Waals surface area contributed by atoms with Crippen LogP contribution in [0.2, 0.25) is 5.02 Å². The van der Waals surface area contributed by atoms with Gasteiger partial charge in [-0.2, -0.15) is 5.10 Å². The largest absolute Gasteiger partial charge is 0.306 e. The van der Waals surface area contributed by atoms with E-state index >= 15 is 0 Å². The molecule has 1 aliphatic heterocycles. The molecule has 0 aliphatic carbocycles. The number of aromatic nitrogens is 2. The van der Waals surface area contributed by atoms with Gasteiger partial charge < -0.3 is 5.32 Å². The monoisotopic (exact) mass is 241 g/mol. The molecule has 1 atom stereocenters. The zero-order chi connectivity index (χ0) is 11.6. The lowest BCUT2D eigenvalue weighted by atomic mass is 9.87. The van der Waals surface area contributed by atoms with Crippen LogP contribution in [-0.4, -0.2) is 16.3 Å². The van der Waals surface area contributed by atoms with E-state index in [0.29, 0.717) is 0 Å². The third-order valence-corrected chi connectivity index (χ3v) is 3.97. The van der Waals surface area contributed by atoms with E-state index in [1.54, 1.807) is 6.20 Å². The molecule has 1 aromatic rings. The summed E-state index contributed by atoms with van der Waals surface area (Å²) in [6.07, 6.45) is 7.81. The zero-order valence-corrected chi connectivity index (χ0v) is 10.8. The lowest BCUT2D eigenvalue weighted by Gasteiger charge is -2.33. The standard InChI is InChI=1S/C12H20ClN3/c1-3-12(7-5-4-6-8-14-12)11-10(13)9-15-16(11)2/h9,14H,3-8H2,1-2H3. The second-order valence-electron chi connectivity index (χ2n) is 4.64. The summed E-state index contributed by atoms with van der Waals surface area (Å²) in [4.78, 5) is 0. The van der Waals surface area contributed by atoms with Crippen molar-refractivity contribution in [2.45, 2.75) is 44.6 Å². The van der Waals surface area contributed by atoms with Crippen molar-refractivity contribution in [3.63, 3.8) is 0 Å². The fraction of sp³-hybridized carbons (Fsp3) is 0.750. The molecule has 0 aromatic carbocycles. The Hall–Kier alpha value is -0.540. The van der Waals surface area contributed by atoms with Gasteiger partial charge in [0.2, 0.25) is 0 Å². The van der Waals surface area contributed by atoms with Crippen molar-refractivity contribution in [2.24, 2.45) is 7.05 Å². The molecular weight excluding hydrogens is 222 g/mol. The van der Waals surface area contributed by atoms with E-state index in [9.17, 15) is 0 Å². The fourth-order valence-corrected chi connectivity index (χ4v) is 3.11. The van der Waals surface area contributed by atoms with Gasteiger partial charge in [0, 0.05) is 7.05 Å². The average molecular weight is 242 g/mol. The summed E-state index contributed by atoms with van der Waals surface area (Å²) in [6.45, 7) is 3.30. The van der Waals surface area contributed by atoms with Crippen LogP contribution in [0.5, 0.6) is 0 Å². The fourth-order valence-electron chi connectivity index (χ4n) is 2.77. The highest BCUT2D eigenvalue weighted by atomic mass is 35.5. The van der Waals surface area contributed by atoms with Crippen LogP contribution in [-0.2, 0) is 12.6 Å². The lowest BCUT2D eigenvalue weighted by Crippen LogP contribution is -2.43. The molecule has 1 N–H and O–H groups in total. The molecule has 90 valence electrons. The quantitative estimate of drug-likeness (QED) is 0.863. The van der Waals surface area contributed by atoms with Crippen LogP contribution in [0.15, 0.2) is 6.20 Å². The molecule has 0 amide bonds. The Kier molecular flexibility index (Phi) is 3.55. The predicted molar refractivity (Wildman–Crippen MR) is 66.7 cm³/mol. The van der Waals surface area contributed by atoms with Gasteiger partial charge in [-0.15, -0.1) is 0 Å². The molecule has 0 bridgehead atoms. The molecular formula is C12H20ClN3. The van der Waals surface area contributed by atoms with Crippen molar-refractivity contribution in [3.05, 3.63) is 16.9 Å². The maximum absolute atomic E-state index is 6.28. The zero-order valence-electron chi connectivity index (χ0n) is 10.1. The molecule has 0 radical (unpaired) electrons. The summed E-state index contributed by atoms with van der Waals surface area (Å²) in [6, 6.07) is 0. The van der Waals surface area contributed by atoms with Gasteiger partial charge in [0.1, 0.15) is 0 Å². The van der Waals surface area contributed by atoms with Crippen LogP contribution < -0.4 is 5.32 Å². The topological polar surface area (TPSA) is 29.9 Å². The van der Waals surface area contributed by atoms with E-state index in [0.717, 1.165) is 30.1 Å². The molecule has 0 spiro atoms. The van der Waals surface area contributed by atoms with Gasteiger partial charge in [-0.05, 0) is 25.8 Å². The van der Waals surface area contributed by atoms with Gasteiger partial charge >= 0.3 is 0 Å². The second-order valence-corrected chi connectivity index (χ2v) is 5.05. The number of hydrogen-bond donors (Lipinski definition) is 1. The van der Waals surface area contributed by atoms with Crippen molar-refractivity contribution in [1.82, 2.24) is 15.1 Å². The van der Waals surface area contributed by atoms with Crippen molar-refractivity contribution < 1.29 is 0 Å². The molecule has 2 rings (SSSR count). The van der Waals surface area contributed by atoms with E-state index < -0.39 is 0 Å². The first-order chi connectivity index (χ1) is 7.69. The summed E-state index contributed by atoms with van der Waals surface area (Å²) in [5, 5.41) is 8.73. The van der Waals surface area contributed by atoms with Crippen LogP contribution >= 0.6 is 11.6 Å². The Labute approximate surface area is 102 Å². The molecule has 0 saturated carbocycles. The Morgan fingerprint density at radius 1 is 1.50 bits per heavy atom. The predicted octanol–water partition coefficient (Wildman–Crippen LogP) is 2.84. The van der Waals surface area contributed by atoms with Gasteiger partial charge in [0.25, 0.3) is 0 Å².